The molecule has 2 heterocycles. The van der Waals surface area contributed by atoms with E-state index in [9.17, 15) is 0 Å². The smallest absolute Gasteiger partial charge is 0.0725 e. The molecule has 65 heavy (non-hydrogen) atoms. The van der Waals surface area contributed by atoms with Crippen LogP contribution < -0.4 is 9.80 Å². The van der Waals surface area contributed by atoms with Crippen molar-refractivity contribution >= 4 is 46.3 Å². The summed E-state index contributed by atoms with van der Waals surface area (Å²) in [5, 5.41) is 0. The molecule has 0 radical (unpaired) electrons. The first-order valence-corrected chi connectivity index (χ1v) is 22.6. The van der Waals surface area contributed by atoms with E-state index in [0.29, 0.717) is 0 Å². The van der Waals surface area contributed by atoms with E-state index >= 15 is 0 Å². The molecule has 2 heteroatoms. The number of rotatable bonds is 2. The average Bonchev–Trinajstić information content (AvgIpc) is 3.45. The fraction of sp³-hybridized carbons (Fsp3) is 0.0159. The Kier molecular flexibility index (Phi) is 7.64. The first-order valence-electron chi connectivity index (χ1n) is 22.6. The second-order valence-electron chi connectivity index (χ2n) is 17.5. The minimum atomic E-state index is -0.575. The third-order valence-corrected chi connectivity index (χ3v) is 14.4. The molecule has 0 saturated carbocycles. The summed E-state index contributed by atoms with van der Waals surface area (Å²) >= 11 is 0. The summed E-state index contributed by atoms with van der Waals surface area (Å²) in [5.74, 6) is 0. The topological polar surface area (TPSA) is 6.48 Å². The van der Waals surface area contributed by atoms with Crippen LogP contribution >= 0.6 is 0 Å². The van der Waals surface area contributed by atoms with Crippen molar-refractivity contribution < 1.29 is 0 Å². The predicted octanol–water partition coefficient (Wildman–Crippen LogP) is 16.8. The van der Waals surface area contributed by atoms with Crippen molar-refractivity contribution in [1.82, 2.24) is 0 Å². The fourth-order valence-electron chi connectivity index (χ4n) is 11.8. The Balaban J connectivity index is 1.07. The van der Waals surface area contributed by atoms with Gasteiger partial charge in [-0.15, -0.1) is 0 Å². The summed E-state index contributed by atoms with van der Waals surface area (Å²) in [6.45, 7) is 0. The summed E-state index contributed by atoms with van der Waals surface area (Å²) in [4.78, 5) is 4.99. The van der Waals surface area contributed by atoms with Crippen molar-refractivity contribution in [3.8, 4) is 55.6 Å². The average molecular weight is 825 g/mol. The highest BCUT2D eigenvalue weighted by atomic mass is 15.2. The van der Waals surface area contributed by atoms with Crippen LogP contribution in [0, 0.1) is 0 Å². The molecule has 302 valence electrons. The normalized spacial score (nSPS) is 13.8. The van der Waals surface area contributed by atoms with Gasteiger partial charge in [0, 0.05) is 33.6 Å². The standard InChI is InChI=1S/C63H40N2/c1-11-27-55-41(17-1)33-34-42-18-2-12-28-56(42)63(55)57-37-35-43(64-59-29-13-7-23-49(59)45-19-3-4-20-46(45)50-24-8-14-30-60(50)64)39-53(57)54-40-44(36-38-58(54)63)65-61-31-15-9-25-51(61)47-21-5-6-22-48(47)52-26-10-16-32-62(52)65/h1-40H. The van der Waals surface area contributed by atoms with E-state index in [0.717, 1.165) is 11.4 Å². The van der Waals surface area contributed by atoms with Gasteiger partial charge in [-0.25, -0.2) is 0 Å². The molecule has 1 spiro atoms. The molecule has 2 nitrogen and oxygen atoms in total. The zero-order valence-corrected chi connectivity index (χ0v) is 35.5. The zero-order valence-electron chi connectivity index (χ0n) is 35.5. The lowest BCUT2D eigenvalue weighted by Gasteiger charge is -2.36. The summed E-state index contributed by atoms with van der Waals surface area (Å²) in [7, 11) is 0. The molecule has 0 aromatic heterocycles. The zero-order chi connectivity index (χ0) is 42.6. The second-order valence-corrected chi connectivity index (χ2v) is 17.5. The van der Waals surface area contributed by atoms with E-state index in [1.807, 2.05) is 0 Å². The van der Waals surface area contributed by atoms with Crippen LogP contribution in [0.4, 0.5) is 34.1 Å². The monoisotopic (exact) mass is 824 g/mol. The van der Waals surface area contributed by atoms with Crippen molar-refractivity contribution in [1.29, 1.82) is 0 Å². The summed E-state index contributed by atoms with van der Waals surface area (Å²) in [6.07, 6.45) is 4.63. The third-order valence-electron chi connectivity index (χ3n) is 14.4. The maximum Gasteiger partial charge on any atom is 0.0725 e. The van der Waals surface area contributed by atoms with E-state index in [1.165, 1.54) is 112 Å². The number of hydrogen-bond donors (Lipinski definition) is 0. The summed E-state index contributed by atoms with van der Waals surface area (Å²) < 4.78 is 0. The molecule has 10 aromatic carbocycles. The Bertz CT molecular complexity index is 3270. The maximum absolute atomic E-state index is 2.49. The van der Waals surface area contributed by atoms with Gasteiger partial charge in [-0.2, -0.15) is 0 Å². The SMILES string of the molecule is C1=Cc2ccccc2C2(c3ccccc31)c1ccc(N3c4ccccc4-c4ccccc4-c4ccccc43)cc1-c1cc(N3c4ccccc4-c4ccccc4-c4ccccc43)ccc12. The van der Waals surface area contributed by atoms with E-state index in [-0.39, 0.29) is 0 Å². The molecule has 10 aromatic rings. The van der Waals surface area contributed by atoms with Gasteiger partial charge in [0.2, 0.25) is 0 Å². The molecule has 0 fully saturated rings. The lowest BCUT2D eigenvalue weighted by molar-refractivity contribution is 0.766. The van der Waals surface area contributed by atoms with Crippen LogP contribution in [0.25, 0.3) is 67.8 Å². The van der Waals surface area contributed by atoms with E-state index in [2.05, 4.69) is 252 Å². The van der Waals surface area contributed by atoms with E-state index in [1.54, 1.807) is 0 Å². The molecule has 0 unspecified atom stereocenters. The van der Waals surface area contributed by atoms with Crippen molar-refractivity contribution in [3.05, 3.63) is 264 Å². The first kappa shape index (κ1) is 36.1. The molecule has 2 aliphatic heterocycles. The summed E-state index contributed by atoms with van der Waals surface area (Å²) in [5.41, 5.74) is 26.3. The Morgan fingerprint density at radius 3 is 0.877 bits per heavy atom. The van der Waals surface area contributed by atoms with Crippen molar-refractivity contribution in [3.63, 3.8) is 0 Å². The number of para-hydroxylation sites is 4. The van der Waals surface area contributed by atoms with Crippen LogP contribution in [0.15, 0.2) is 231 Å². The van der Waals surface area contributed by atoms with Crippen LogP contribution in [0.1, 0.15) is 33.4 Å². The predicted molar refractivity (Wildman–Crippen MR) is 271 cm³/mol. The lowest BCUT2D eigenvalue weighted by Crippen LogP contribution is -2.30. The lowest BCUT2D eigenvalue weighted by atomic mass is 9.66. The van der Waals surface area contributed by atoms with Crippen LogP contribution in [-0.4, -0.2) is 0 Å². The minimum Gasteiger partial charge on any atom is -0.309 e. The van der Waals surface area contributed by atoms with Crippen LogP contribution in [0.2, 0.25) is 0 Å². The molecular weight excluding hydrogens is 785 g/mol. The van der Waals surface area contributed by atoms with Crippen molar-refractivity contribution in [2.24, 2.45) is 0 Å². The van der Waals surface area contributed by atoms with Crippen molar-refractivity contribution in [2.75, 3.05) is 9.80 Å². The second kappa shape index (κ2) is 13.8. The number of hydrogen-bond acceptors (Lipinski definition) is 2. The van der Waals surface area contributed by atoms with Gasteiger partial charge in [0.15, 0.2) is 0 Å². The van der Waals surface area contributed by atoms with Crippen LogP contribution in [0.5, 0.6) is 0 Å². The number of fused-ring (bicyclic) bond motifs is 19. The Hall–Kier alpha value is -8.46. The van der Waals surface area contributed by atoms with Crippen molar-refractivity contribution in [2.45, 2.75) is 5.41 Å². The quantitative estimate of drug-likeness (QED) is 0.171. The molecule has 0 bridgehead atoms. The van der Waals surface area contributed by atoms with Gasteiger partial charge < -0.3 is 9.80 Å². The molecule has 4 aliphatic rings. The molecule has 0 saturated heterocycles. The summed E-state index contributed by atoms with van der Waals surface area (Å²) in [6, 6.07) is 86.0. The van der Waals surface area contributed by atoms with Gasteiger partial charge >= 0.3 is 0 Å². The van der Waals surface area contributed by atoms with Gasteiger partial charge in [0.25, 0.3) is 0 Å². The van der Waals surface area contributed by atoms with Gasteiger partial charge in [-0.05, 0) is 115 Å². The molecule has 0 amide bonds. The fourth-order valence-corrected chi connectivity index (χ4v) is 11.8. The van der Waals surface area contributed by atoms with E-state index < -0.39 is 5.41 Å². The highest BCUT2D eigenvalue weighted by molar-refractivity contribution is 6.05. The number of nitrogens with zero attached hydrogens (tertiary/aromatic N) is 2. The molecule has 2 aliphatic carbocycles. The molecule has 14 rings (SSSR count). The largest absolute Gasteiger partial charge is 0.309 e. The van der Waals surface area contributed by atoms with Gasteiger partial charge in [-0.1, -0.05) is 194 Å². The Morgan fingerprint density at radius 2 is 0.523 bits per heavy atom. The third kappa shape index (κ3) is 4.99. The maximum atomic E-state index is 2.49. The number of anilines is 6. The van der Waals surface area contributed by atoms with Gasteiger partial charge in [-0.3, -0.25) is 0 Å². The van der Waals surface area contributed by atoms with Crippen LogP contribution in [0.3, 0.4) is 0 Å². The highest BCUT2D eigenvalue weighted by Gasteiger charge is 2.49. The molecule has 0 N–H and O–H groups in total. The Morgan fingerprint density at radius 1 is 0.231 bits per heavy atom. The highest BCUT2D eigenvalue weighted by Crippen LogP contribution is 2.61. The minimum absolute atomic E-state index is 0.575. The van der Waals surface area contributed by atoms with Gasteiger partial charge in [0.05, 0.1) is 28.2 Å². The number of benzene rings is 10. The van der Waals surface area contributed by atoms with E-state index in [4.69, 9.17) is 0 Å². The van der Waals surface area contributed by atoms with Crippen LogP contribution in [-0.2, 0) is 5.41 Å². The molecular formula is C63H40N2. The van der Waals surface area contributed by atoms with Gasteiger partial charge in [0.1, 0.15) is 0 Å². The Labute approximate surface area is 379 Å². The molecule has 0 atom stereocenters. The first-order chi connectivity index (χ1) is 32.3.